The molecule has 1 saturated heterocycles. The Morgan fingerprint density at radius 3 is 2.75 bits per heavy atom. The second-order valence-corrected chi connectivity index (χ2v) is 6.09. The van der Waals surface area contributed by atoms with Gasteiger partial charge in [0, 0.05) is 31.9 Å². The summed E-state index contributed by atoms with van der Waals surface area (Å²) in [6.07, 6.45) is 4.70. The van der Waals surface area contributed by atoms with E-state index < -0.39 is 0 Å². The maximum atomic E-state index is 5.32. The van der Waals surface area contributed by atoms with Crippen LogP contribution in [0.15, 0.2) is 5.10 Å². The molecule has 114 valence electrons. The third-order valence-corrected chi connectivity index (χ3v) is 4.22. The van der Waals surface area contributed by atoms with Crippen molar-refractivity contribution in [2.24, 2.45) is 11.0 Å². The molecule has 0 amide bonds. The molecule has 2 N–H and O–H groups in total. The second-order valence-electron chi connectivity index (χ2n) is 5.68. The van der Waals surface area contributed by atoms with E-state index in [1.165, 1.54) is 18.6 Å². The summed E-state index contributed by atoms with van der Waals surface area (Å²) in [4.78, 5) is 2.38. The minimum atomic E-state index is 0.629. The van der Waals surface area contributed by atoms with Crippen molar-refractivity contribution in [2.45, 2.75) is 32.6 Å². The lowest BCUT2D eigenvalue weighted by molar-refractivity contribution is 0.0389. The third-order valence-electron chi connectivity index (χ3n) is 3.98. The van der Waals surface area contributed by atoms with E-state index in [2.05, 4.69) is 27.7 Å². The fourth-order valence-corrected chi connectivity index (χ4v) is 2.68. The van der Waals surface area contributed by atoms with Crippen LogP contribution in [-0.4, -0.2) is 55.1 Å². The van der Waals surface area contributed by atoms with Gasteiger partial charge in [-0.15, -0.1) is 0 Å². The smallest absolute Gasteiger partial charge is 0.186 e. The SMILES string of the molecule is CC1CCC(=NNC(=S)NCCN2CCOCC2)CC1. The van der Waals surface area contributed by atoms with Crippen molar-refractivity contribution in [3.63, 3.8) is 0 Å². The molecule has 1 aliphatic carbocycles. The molecule has 0 aromatic carbocycles. The Labute approximate surface area is 127 Å². The van der Waals surface area contributed by atoms with Crippen molar-refractivity contribution in [3.05, 3.63) is 0 Å². The lowest BCUT2D eigenvalue weighted by atomic mass is 9.90. The first-order valence-corrected chi connectivity index (χ1v) is 8.04. The Morgan fingerprint density at radius 1 is 1.35 bits per heavy atom. The molecule has 2 fully saturated rings. The molecule has 5 nitrogen and oxygen atoms in total. The second kappa shape index (κ2) is 8.54. The zero-order chi connectivity index (χ0) is 14.2. The Kier molecular flexibility index (Phi) is 6.69. The highest BCUT2D eigenvalue weighted by molar-refractivity contribution is 7.80. The van der Waals surface area contributed by atoms with Crippen molar-refractivity contribution >= 4 is 23.0 Å². The highest BCUT2D eigenvalue weighted by Gasteiger charge is 2.13. The van der Waals surface area contributed by atoms with Gasteiger partial charge in [0.15, 0.2) is 5.11 Å². The zero-order valence-electron chi connectivity index (χ0n) is 12.4. The van der Waals surface area contributed by atoms with Gasteiger partial charge in [0.1, 0.15) is 0 Å². The van der Waals surface area contributed by atoms with Crippen molar-refractivity contribution in [2.75, 3.05) is 39.4 Å². The number of nitrogens with zero attached hydrogens (tertiary/aromatic N) is 2. The van der Waals surface area contributed by atoms with Crippen LogP contribution < -0.4 is 10.7 Å². The predicted molar refractivity (Wildman–Crippen MR) is 86.1 cm³/mol. The van der Waals surface area contributed by atoms with E-state index >= 15 is 0 Å². The average Bonchev–Trinajstić information content (AvgIpc) is 2.48. The van der Waals surface area contributed by atoms with Crippen LogP contribution in [0.2, 0.25) is 0 Å². The minimum absolute atomic E-state index is 0.629. The Morgan fingerprint density at radius 2 is 2.05 bits per heavy atom. The van der Waals surface area contributed by atoms with E-state index in [0.29, 0.717) is 5.11 Å². The first kappa shape index (κ1) is 15.7. The standard InChI is InChI=1S/C14H26N4OS/c1-12-2-4-13(5-3-12)16-17-14(20)15-6-7-18-8-10-19-11-9-18/h12H,2-11H2,1H3,(H2,15,17,20). The molecule has 0 unspecified atom stereocenters. The summed E-state index contributed by atoms with van der Waals surface area (Å²) in [5.41, 5.74) is 4.22. The first-order chi connectivity index (χ1) is 9.74. The van der Waals surface area contributed by atoms with Gasteiger partial charge in [-0.2, -0.15) is 5.10 Å². The van der Waals surface area contributed by atoms with E-state index in [1.807, 2.05) is 0 Å². The van der Waals surface area contributed by atoms with Gasteiger partial charge in [-0.3, -0.25) is 10.3 Å². The van der Waals surface area contributed by atoms with Crippen molar-refractivity contribution in [3.8, 4) is 0 Å². The summed E-state index contributed by atoms with van der Waals surface area (Å²) in [6, 6.07) is 0. The van der Waals surface area contributed by atoms with E-state index in [4.69, 9.17) is 17.0 Å². The molecule has 6 heteroatoms. The molecule has 2 aliphatic rings. The highest BCUT2D eigenvalue weighted by atomic mass is 32.1. The molecule has 0 aromatic heterocycles. The van der Waals surface area contributed by atoms with Gasteiger partial charge in [0.2, 0.25) is 0 Å². The quantitative estimate of drug-likeness (QED) is 0.606. The zero-order valence-corrected chi connectivity index (χ0v) is 13.2. The summed E-state index contributed by atoms with van der Waals surface area (Å²) in [6.45, 7) is 7.88. The molecule has 0 bridgehead atoms. The van der Waals surface area contributed by atoms with Gasteiger partial charge in [-0.25, -0.2) is 0 Å². The Balaban J connectivity index is 1.57. The van der Waals surface area contributed by atoms with Crippen LogP contribution in [0.1, 0.15) is 32.6 Å². The van der Waals surface area contributed by atoms with Crippen LogP contribution >= 0.6 is 12.2 Å². The minimum Gasteiger partial charge on any atom is -0.379 e. The number of hydrogen-bond acceptors (Lipinski definition) is 4. The molecule has 2 rings (SSSR count). The number of nitrogens with one attached hydrogen (secondary N) is 2. The van der Waals surface area contributed by atoms with E-state index in [1.54, 1.807) is 0 Å². The molecule has 1 heterocycles. The molecule has 0 atom stereocenters. The maximum Gasteiger partial charge on any atom is 0.186 e. The van der Waals surface area contributed by atoms with Crippen LogP contribution in [0.5, 0.6) is 0 Å². The van der Waals surface area contributed by atoms with Crippen molar-refractivity contribution < 1.29 is 4.74 Å². The normalized spacial score (nSPS) is 24.2. The Bertz CT molecular complexity index is 332. The number of morpholine rings is 1. The van der Waals surface area contributed by atoms with Crippen LogP contribution in [-0.2, 0) is 4.74 Å². The number of rotatable bonds is 4. The molecule has 1 saturated carbocycles. The molecular weight excluding hydrogens is 272 g/mol. The first-order valence-electron chi connectivity index (χ1n) is 7.63. The predicted octanol–water partition coefficient (Wildman–Crippen LogP) is 1.35. The van der Waals surface area contributed by atoms with Crippen molar-refractivity contribution in [1.29, 1.82) is 0 Å². The van der Waals surface area contributed by atoms with Crippen molar-refractivity contribution in [1.82, 2.24) is 15.6 Å². The van der Waals surface area contributed by atoms with Gasteiger partial charge < -0.3 is 10.1 Å². The number of ether oxygens (including phenoxy) is 1. The lowest BCUT2D eigenvalue weighted by Crippen LogP contribution is -2.43. The summed E-state index contributed by atoms with van der Waals surface area (Å²) >= 11 is 5.24. The Hall–Kier alpha value is -0.720. The average molecular weight is 298 g/mol. The van der Waals surface area contributed by atoms with Crippen LogP contribution in [0.3, 0.4) is 0 Å². The molecular formula is C14H26N4OS. The van der Waals surface area contributed by atoms with E-state index in [-0.39, 0.29) is 0 Å². The van der Waals surface area contributed by atoms with Gasteiger partial charge >= 0.3 is 0 Å². The molecule has 1 aliphatic heterocycles. The molecule has 20 heavy (non-hydrogen) atoms. The molecule has 0 spiro atoms. The lowest BCUT2D eigenvalue weighted by Gasteiger charge is -2.26. The van der Waals surface area contributed by atoms with Gasteiger partial charge in [-0.1, -0.05) is 6.92 Å². The summed E-state index contributed by atoms with van der Waals surface area (Å²) in [5.74, 6) is 0.840. The summed E-state index contributed by atoms with van der Waals surface area (Å²) < 4.78 is 5.32. The van der Waals surface area contributed by atoms with Gasteiger partial charge in [0.25, 0.3) is 0 Å². The van der Waals surface area contributed by atoms with E-state index in [9.17, 15) is 0 Å². The summed E-state index contributed by atoms with van der Waals surface area (Å²) in [5, 5.41) is 8.25. The van der Waals surface area contributed by atoms with Gasteiger partial charge in [0.05, 0.1) is 13.2 Å². The monoisotopic (exact) mass is 298 g/mol. The third kappa shape index (κ3) is 5.73. The van der Waals surface area contributed by atoms with Crippen LogP contribution in [0.4, 0.5) is 0 Å². The molecule has 0 aromatic rings. The number of hydrogen-bond donors (Lipinski definition) is 2. The van der Waals surface area contributed by atoms with Gasteiger partial charge in [-0.05, 0) is 43.8 Å². The fourth-order valence-electron chi connectivity index (χ4n) is 2.53. The van der Waals surface area contributed by atoms with Crippen LogP contribution in [0.25, 0.3) is 0 Å². The van der Waals surface area contributed by atoms with E-state index in [0.717, 1.165) is 58.2 Å². The largest absolute Gasteiger partial charge is 0.379 e. The highest BCUT2D eigenvalue weighted by Crippen LogP contribution is 2.20. The van der Waals surface area contributed by atoms with Crippen LogP contribution in [0, 0.1) is 5.92 Å². The summed E-state index contributed by atoms with van der Waals surface area (Å²) in [7, 11) is 0. The fraction of sp³-hybridized carbons (Fsp3) is 0.857. The number of hydrazone groups is 1. The molecule has 0 radical (unpaired) electrons. The topological polar surface area (TPSA) is 48.9 Å². The maximum absolute atomic E-state index is 5.32. The number of thiocarbonyl (C=S) groups is 1.